The Balaban J connectivity index is 1.51. The van der Waals surface area contributed by atoms with Gasteiger partial charge in [-0.2, -0.15) is 0 Å². The second-order valence-corrected chi connectivity index (χ2v) is 6.18. The highest BCUT2D eigenvalue weighted by Gasteiger charge is 2.27. The summed E-state index contributed by atoms with van der Waals surface area (Å²) in [7, 11) is 3.92. The highest BCUT2D eigenvalue weighted by molar-refractivity contribution is 5.74. The van der Waals surface area contributed by atoms with Crippen LogP contribution < -0.4 is 15.0 Å². The number of ether oxygens (including phenoxy) is 1. The van der Waals surface area contributed by atoms with Crippen LogP contribution >= 0.6 is 0 Å². The number of likely N-dealkylation sites (tertiary alicyclic amines) is 1. The first kappa shape index (κ1) is 17.0. The molecule has 1 N–H and O–H groups in total. The largest absolute Gasteiger partial charge is 0.488 e. The Labute approximate surface area is 147 Å². The topological polar surface area (TPSA) is 70.6 Å². The molecular formula is C18H23N5O2. The number of nitrogens with one attached hydrogen (secondary N) is 1. The molecule has 7 heteroatoms. The Kier molecular flexibility index (Phi) is 5.33. The van der Waals surface area contributed by atoms with Gasteiger partial charge >= 0.3 is 6.03 Å². The summed E-state index contributed by atoms with van der Waals surface area (Å²) in [5.41, 5.74) is 1.85. The number of rotatable bonds is 5. The van der Waals surface area contributed by atoms with E-state index >= 15 is 0 Å². The van der Waals surface area contributed by atoms with Crippen molar-refractivity contribution in [2.45, 2.75) is 19.1 Å². The first-order valence-electron chi connectivity index (χ1n) is 8.34. The Hall–Kier alpha value is -2.83. The van der Waals surface area contributed by atoms with E-state index in [-0.39, 0.29) is 12.1 Å². The lowest BCUT2D eigenvalue weighted by molar-refractivity contribution is 0.186. The molecule has 1 aliphatic heterocycles. The minimum absolute atomic E-state index is 0.0142. The molecule has 0 saturated carbocycles. The van der Waals surface area contributed by atoms with E-state index in [4.69, 9.17) is 4.74 Å². The van der Waals surface area contributed by atoms with Crippen molar-refractivity contribution in [3.63, 3.8) is 0 Å². The number of nitrogens with zero attached hydrogens (tertiary/aromatic N) is 4. The van der Waals surface area contributed by atoms with Crippen LogP contribution in [0.3, 0.4) is 0 Å². The number of hydrogen-bond donors (Lipinski definition) is 1. The van der Waals surface area contributed by atoms with Crippen LogP contribution in [0, 0.1) is 0 Å². The predicted molar refractivity (Wildman–Crippen MR) is 95.6 cm³/mol. The van der Waals surface area contributed by atoms with Crippen molar-refractivity contribution in [2.24, 2.45) is 0 Å². The zero-order valence-corrected chi connectivity index (χ0v) is 14.6. The lowest BCUT2D eigenvalue weighted by Gasteiger charge is -2.20. The Morgan fingerprint density at radius 3 is 2.88 bits per heavy atom. The summed E-state index contributed by atoms with van der Waals surface area (Å²) >= 11 is 0. The Morgan fingerprint density at radius 1 is 1.32 bits per heavy atom. The highest BCUT2D eigenvalue weighted by atomic mass is 16.5. The highest BCUT2D eigenvalue weighted by Crippen LogP contribution is 2.18. The summed E-state index contributed by atoms with van der Waals surface area (Å²) in [6, 6.07) is 7.45. The molecule has 7 nitrogen and oxygen atoms in total. The molecule has 2 amide bonds. The van der Waals surface area contributed by atoms with Crippen LogP contribution in [-0.2, 0) is 6.54 Å². The summed E-state index contributed by atoms with van der Waals surface area (Å²) in [6.45, 7) is 1.67. The lowest BCUT2D eigenvalue weighted by Crippen LogP contribution is -2.39. The molecule has 132 valence electrons. The van der Waals surface area contributed by atoms with Crippen molar-refractivity contribution in [1.82, 2.24) is 20.2 Å². The fourth-order valence-electron chi connectivity index (χ4n) is 2.86. The van der Waals surface area contributed by atoms with Crippen LogP contribution in [0.1, 0.15) is 12.1 Å². The van der Waals surface area contributed by atoms with Crippen LogP contribution in [0.5, 0.6) is 5.75 Å². The van der Waals surface area contributed by atoms with Crippen LogP contribution in [-0.4, -0.2) is 54.2 Å². The van der Waals surface area contributed by atoms with E-state index in [1.165, 1.54) is 0 Å². The average Bonchev–Trinajstić information content (AvgIpc) is 3.09. The van der Waals surface area contributed by atoms with Gasteiger partial charge < -0.3 is 19.9 Å². The van der Waals surface area contributed by atoms with Gasteiger partial charge in [-0.05, 0) is 24.3 Å². The molecule has 1 atom stereocenters. The standard InChI is InChI=1S/C18H23N5O2/c1-22(2)17-4-3-8-20-16(17)12-21-18(24)23-11-7-15(13-23)25-14-5-9-19-10-6-14/h3-6,8-10,15H,7,11-13H2,1-2H3,(H,21,24)/t15-/m1/s1. The molecule has 0 aliphatic carbocycles. The lowest BCUT2D eigenvalue weighted by atomic mass is 10.3. The minimum atomic E-state index is -0.0869. The first-order valence-corrected chi connectivity index (χ1v) is 8.34. The molecule has 0 spiro atoms. The fourth-order valence-corrected chi connectivity index (χ4v) is 2.86. The molecule has 3 rings (SSSR count). The zero-order valence-electron chi connectivity index (χ0n) is 14.6. The zero-order chi connectivity index (χ0) is 17.6. The second kappa shape index (κ2) is 7.83. The molecule has 1 saturated heterocycles. The van der Waals surface area contributed by atoms with Gasteiger partial charge in [0, 0.05) is 45.7 Å². The number of anilines is 1. The number of aromatic nitrogens is 2. The number of amides is 2. The van der Waals surface area contributed by atoms with E-state index in [9.17, 15) is 4.79 Å². The molecule has 0 radical (unpaired) electrons. The molecule has 2 aromatic rings. The maximum absolute atomic E-state index is 12.4. The fraction of sp³-hybridized carbons (Fsp3) is 0.389. The van der Waals surface area contributed by atoms with E-state index in [2.05, 4.69) is 15.3 Å². The van der Waals surface area contributed by atoms with E-state index in [1.54, 1.807) is 23.5 Å². The minimum Gasteiger partial charge on any atom is -0.488 e. The van der Waals surface area contributed by atoms with Crippen molar-refractivity contribution in [3.8, 4) is 5.75 Å². The van der Waals surface area contributed by atoms with Gasteiger partial charge in [-0.3, -0.25) is 9.97 Å². The quantitative estimate of drug-likeness (QED) is 0.899. The maximum atomic E-state index is 12.4. The van der Waals surface area contributed by atoms with E-state index in [0.29, 0.717) is 19.6 Å². The molecule has 2 aromatic heterocycles. The van der Waals surface area contributed by atoms with Crippen molar-refractivity contribution >= 4 is 11.7 Å². The summed E-state index contributed by atoms with van der Waals surface area (Å²) in [6.07, 6.45) is 5.97. The third-order valence-corrected chi connectivity index (χ3v) is 4.14. The van der Waals surface area contributed by atoms with Crippen LogP contribution in [0.4, 0.5) is 10.5 Å². The van der Waals surface area contributed by atoms with Gasteiger partial charge in [0.2, 0.25) is 0 Å². The third-order valence-electron chi connectivity index (χ3n) is 4.14. The predicted octanol–water partition coefficient (Wildman–Crippen LogP) is 1.91. The SMILES string of the molecule is CN(C)c1cccnc1CNC(=O)N1CC[C@@H](Oc2ccncc2)C1. The molecule has 0 bridgehead atoms. The smallest absolute Gasteiger partial charge is 0.317 e. The maximum Gasteiger partial charge on any atom is 0.317 e. The average molecular weight is 341 g/mol. The summed E-state index contributed by atoms with van der Waals surface area (Å²) in [5, 5.41) is 2.95. The van der Waals surface area contributed by atoms with E-state index < -0.39 is 0 Å². The van der Waals surface area contributed by atoms with Crippen LogP contribution in [0.25, 0.3) is 0 Å². The molecule has 25 heavy (non-hydrogen) atoms. The van der Waals surface area contributed by atoms with Gasteiger partial charge in [0.15, 0.2) is 0 Å². The monoisotopic (exact) mass is 341 g/mol. The van der Waals surface area contributed by atoms with E-state index in [0.717, 1.165) is 23.6 Å². The van der Waals surface area contributed by atoms with Gasteiger partial charge in [0.1, 0.15) is 11.9 Å². The van der Waals surface area contributed by atoms with Gasteiger partial charge in [-0.1, -0.05) is 0 Å². The van der Waals surface area contributed by atoms with Gasteiger partial charge in [-0.25, -0.2) is 4.79 Å². The number of hydrogen-bond acceptors (Lipinski definition) is 5. The van der Waals surface area contributed by atoms with Gasteiger partial charge in [0.05, 0.1) is 24.5 Å². The Bertz CT molecular complexity index is 708. The normalized spacial score (nSPS) is 16.6. The number of urea groups is 1. The molecule has 0 aromatic carbocycles. The summed E-state index contributed by atoms with van der Waals surface area (Å²) in [5.74, 6) is 0.784. The van der Waals surface area contributed by atoms with Gasteiger partial charge in [0.25, 0.3) is 0 Å². The van der Waals surface area contributed by atoms with Crippen molar-refractivity contribution in [1.29, 1.82) is 0 Å². The molecule has 1 fully saturated rings. The Morgan fingerprint density at radius 2 is 2.12 bits per heavy atom. The van der Waals surface area contributed by atoms with Gasteiger partial charge in [-0.15, -0.1) is 0 Å². The molecule has 3 heterocycles. The summed E-state index contributed by atoms with van der Waals surface area (Å²) < 4.78 is 5.89. The van der Waals surface area contributed by atoms with Crippen LogP contribution in [0.2, 0.25) is 0 Å². The van der Waals surface area contributed by atoms with Crippen molar-refractivity contribution in [2.75, 3.05) is 32.1 Å². The second-order valence-electron chi connectivity index (χ2n) is 6.18. The number of carbonyl (C=O) groups is 1. The molecule has 0 unspecified atom stereocenters. The first-order chi connectivity index (χ1) is 12.1. The molecular weight excluding hydrogens is 318 g/mol. The summed E-state index contributed by atoms with van der Waals surface area (Å²) in [4.78, 5) is 24.5. The van der Waals surface area contributed by atoms with Crippen molar-refractivity contribution < 1.29 is 9.53 Å². The third kappa shape index (κ3) is 4.37. The molecule has 1 aliphatic rings. The number of carbonyl (C=O) groups excluding carboxylic acids is 1. The van der Waals surface area contributed by atoms with Crippen molar-refractivity contribution in [3.05, 3.63) is 48.5 Å². The van der Waals surface area contributed by atoms with Crippen LogP contribution in [0.15, 0.2) is 42.9 Å². The number of pyridine rings is 2. The van der Waals surface area contributed by atoms with E-state index in [1.807, 2.05) is 43.3 Å².